The molecular weight excluding hydrogens is 260 g/mol. The fourth-order valence-corrected chi connectivity index (χ4v) is 3.17. The molecule has 3 nitrogen and oxygen atoms in total. The SMILES string of the molecule is CC1CCCCCN1C(=O)c1cc2ccccc2cc1N. The van der Waals surface area contributed by atoms with Crippen molar-refractivity contribution in [3.8, 4) is 0 Å². The number of carbonyl (C=O) groups excluding carboxylic acids is 1. The number of carbonyl (C=O) groups is 1. The van der Waals surface area contributed by atoms with E-state index >= 15 is 0 Å². The first-order chi connectivity index (χ1) is 10.2. The lowest BCUT2D eigenvalue weighted by Gasteiger charge is -2.27. The van der Waals surface area contributed by atoms with Crippen LogP contribution in [0.5, 0.6) is 0 Å². The van der Waals surface area contributed by atoms with Crippen molar-refractivity contribution in [2.45, 2.75) is 38.6 Å². The third-order valence-corrected chi connectivity index (χ3v) is 4.46. The van der Waals surface area contributed by atoms with E-state index in [1.165, 1.54) is 12.8 Å². The topological polar surface area (TPSA) is 46.3 Å². The smallest absolute Gasteiger partial charge is 0.256 e. The van der Waals surface area contributed by atoms with Crippen molar-refractivity contribution in [3.63, 3.8) is 0 Å². The predicted octanol–water partition coefficient (Wildman–Crippen LogP) is 3.83. The van der Waals surface area contributed by atoms with E-state index in [2.05, 4.69) is 6.92 Å². The van der Waals surface area contributed by atoms with Crippen LogP contribution >= 0.6 is 0 Å². The number of nitrogens with zero attached hydrogens (tertiary/aromatic N) is 1. The first-order valence-corrected chi connectivity index (χ1v) is 7.76. The van der Waals surface area contributed by atoms with Gasteiger partial charge >= 0.3 is 0 Å². The highest BCUT2D eigenvalue weighted by Gasteiger charge is 2.24. The fourth-order valence-electron chi connectivity index (χ4n) is 3.17. The molecule has 0 aromatic heterocycles. The molecule has 0 radical (unpaired) electrons. The Hall–Kier alpha value is -2.03. The van der Waals surface area contributed by atoms with E-state index in [-0.39, 0.29) is 5.91 Å². The highest BCUT2D eigenvalue weighted by molar-refractivity contribution is 6.04. The second-order valence-electron chi connectivity index (χ2n) is 5.98. The summed E-state index contributed by atoms with van der Waals surface area (Å²) in [5, 5.41) is 2.15. The van der Waals surface area contributed by atoms with Gasteiger partial charge in [0.05, 0.1) is 5.56 Å². The zero-order chi connectivity index (χ0) is 14.8. The Morgan fingerprint density at radius 3 is 2.62 bits per heavy atom. The zero-order valence-electron chi connectivity index (χ0n) is 12.5. The van der Waals surface area contributed by atoms with E-state index in [9.17, 15) is 4.79 Å². The second-order valence-corrected chi connectivity index (χ2v) is 5.98. The number of nitrogen functional groups attached to an aromatic ring is 1. The van der Waals surface area contributed by atoms with Crippen molar-refractivity contribution < 1.29 is 4.79 Å². The molecule has 1 fully saturated rings. The van der Waals surface area contributed by atoms with Crippen molar-refractivity contribution in [3.05, 3.63) is 42.0 Å². The number of hydrogen-bond acceptors (Lipinski definition) is 2. The van der Waals surface area contributed by atoms with Gasteiger partial charge < -0.3 is 10.6 Å². The monoisotopic (exact) mass is 282 g/mol. The lowest BCUT2D eigenvalue weighted by molar-refractivity contribution is 0.0699. The Morgan fingerprint density at radius 1 is 1.14 bits per heavy atom. The summed E-state index contributed by atoms with van der Waals surface area (Å²) >= 11 is 0. The molecule has 1 amide bonds. The van der Waals surface area contributed by atoms with Crippen LogP contribution in [0.3, 0.4) is 0 Å². The third kappa shape index (κ3) is 2.73. The normalized spacial score (nSPS) is 19.5. The average Bonchev–Trinajstić information content (AvgIpc) is 2.70. The number of likely N-dealkylation sites (tertiary alicyclic amines) is 1. The molecular formula is C18H22N2O. The summed E-state index contributed by atoms with van der Waals surface area (Å²) in [6.45, 7) is 2.98. The molecule has 1 atom stereocenters. The Bertz CT molecular complexity index is 665. The van der Waals surface area contributed by atoms with Gasteiger partial charge in [0.2, 0.25) is 0 Å². The van der Waals surface area contributed by atoms with Gasteiger partial charge in [-0.25, -0.2) is 0 Å². The van der Waals surface area contributed by atoms with Gasteiger partial charge in [-0.15, -0.1) is 0 Å². The van der Waals surface area contributed by atoms with E-state index in [4.69, 9.17) is 5.73 Å². The average molecular weight is 282 g/mol. The van der Waals surface area contributed by atoms with Crippen LogP contribution in [0.25, 0.3) is 10.8 Å². The maximum Gasteiger partial charge on any atom is 0.256 e. The predicted molar refractivity (Wildman–Crippen MR) is 87.3 cm³/mol. The lowest BCUT2D eigenvalue weighted by atomic mass is 10.0. The highest BCUT2D eigenvalue weighted by Crippen LogP contribution is 2.25. The maximum absolute atomic E-state index is 12.9. The molecule has 2 N–H and O–H groups in total. The third-order valence-electron chi connectivity index (χ3n) is 4.46. The molecule has 1 aliphatic rings. The largest absolute Gasteiger partial charge is 0.398 e. The molecule has 0 aliphatic carbocycles. The first kappa shape index (κ1) is 13.9. The highest BCUT2D eigenvalue weighted by atomic mass is 16.2. The number of benzene rings is 2. The number of nitrogens with two attached hydrogens (primary N) is 1. The van der Waals surface area contributed by atoms with Crippen LogP contribution in [0.15, 0.2) is 36.4 Å². The van der Waals surface area contributed by atoms with Crippen molar-refractivity contribution in [1.29, 1.82) is 0 Å². The number of rotatable bonds is 1. The quantitative estimate of drug-likeness (QED) is 0.808. The van der Waals surface area contributed by atoms with Crippen molar-refractivity contribution in [2.75, 3.05) is 12.3 Å². The number of amides is 1. The van der Waals surface area contributed by atoms with Gasteiger partial charge in [0, 0.05) is 18.3 Å². The molecule has 21 heavy (non-hydrogen) atoms. The van der Waals surface area contributed by atoms with Gasteiger partial charge in [-0.1, -0.05) is 37.1 Å². The second kappa shape index (κ2) is 5.76. The van der Waals surface area contributed by atoms with E-state index in [0.717, 1.165) is 30.2 Å². The van der Waals surface area contributed by atoms with Crippen LogP contribution in [-0.4, -0.2) is 23.4 Å². The maximum atomic E-state index is 12.9. The zero-order valence-corrected chi connectivity index (χ0v) is 12.5. The summed E-state index contributed by atoms with van der Waals surface area (Å²) in [5.74, 6) is 0.0765. The molecule has 1 aliphatic heterocycles. The molecule has 1 saturated heterocycles. The van der Waals surface area contributed by atoms with Gasteiger partial charge in [-0.3, -0.25) is 4.79 Å². The summed E-state index contributed by atoms with van der Waals surface area (Å²) in [7, 11) is 0. The van der Waals surface area contributed by atoms with Crippen molar-refractivity contribution in [2.24, 2.45) is 0 Å². The molecule has 0 spiro atoms. The van der Waals surface area contributed by atoms with E-state index in [0.29, 0.717) is 17.3 Å². The van der Waals surface area contributed by atoms with Gasteiger partial charge in [0.15, 0.2) is 0 Å². The van der Waals surface area contributed by atoms with Crippen LogP contribution in [0.2, 0.25) is 0 Å². The number of hydrogen-bond donors (Lipinski definition) is 1. The summed E-state index contributed by atoms with van der Waals surface area (Å²) in [6, 6.07) is 12.2. The molecule has 1 unspecified atom stereocenters. The number of fused-ring (bicyclic) bond motifs is 1. The van der Waals surface area contributed by atoms with Crippen LogP contribution in [0.4, 0.5) is 5.69 Å². The summed E-state index contributed by atoms with van der Waals surface area (Å²) in [6.07, 6.45) is 4.59. The fraction of sp³-hybridized carbons (Fsp3) is 0.389. The molecule has 1 heterocycles. The van der Waals surface area contributed by atoms with E-state index < -0.39 is 0 Å². The van der Waals surface area contributed by atoms with Gasteiger partial charge in [0.1, 0.15) is 0 Å². The minimum absolute atomic E-state index is 0.0765. The molecule has 2 aromatic rings. The van der Waals surface area contributed by atoms with E-state index in [1.54, 1.807) is 0 Å². The molecule has 2 aromatic carbocycles. The van der Waals surface area contributed by atoms with Gasteiger partial charge in [0.25, 0.3) is 5.91 Å². The van der Waals surface area contributed by atoms with Crippen LogP contribution in [0, 0.1) is 0 Å². The summed E-state index contributed by atoms with van der Waals surface area (Å²) in [4.78, 5) is 14.9. The summed E-state index contributed by atoms with van der Waals surface area (Å²) in [5.41, 5.74) is 7.35. The molecule has 0 bridgehead atoms. The lowest BCUT2D eigenvalue weighted by Crippen LogP contribution is -2.38. The van der Waals surface area contributed by atoms with Crippen molar-refractivity contribution >= 4 is 22.4 Å². The Labute approximate surface area is 125 Å². The number of anilines is 1. The van der Waals surface area contributed by atoms with Crippen LogP contribution in [-0.2, 0) is 0 Å². The first-order valence-electron chi connectivity index (χ1n) is 7.76. The van der Waals surface area contributed by atoms with E-state index in [1.807, 2.05) is 41.3 Å². The molecule has 110 valence electrons. The molecule has 0 saturated carbocycles. The van der Waals surface area contributed by atoms with Crippen LogP contribution in [0.1, 0.15) is 43.0 Å². The minimum Gasteiger partial charge on any atom is -0.398 e. The van der Waals surface area contributed by atoms with Crippen molar-refractivity contribution in [1.82, 2.24) is 4.90 Å². The standard InChI is InChI=1S/C18H22N2O/c1-13-7-3-2-6-10-20(13)18(21)16-11-14-8-4-5-9-15(14)12-17(16)19/h4-5,8-9,11-13H,2-3,6-7,10,19H2,1H3. The Kier molecular flexibility index (Phi) is 3.82. The summed E-state index contributed by atoms with van der Waals surface area (Å²) < 4.78 is 0. The Morgan fingerprint density at radius 2 is 1.86 bits per heavy atom. The van der Waals surface area contributed by atoms with Gasteiger partial charge in [-0.2, -0.15) is 0 Å². The Balaban J connectivity index is 1.98. The molecule has 3 heteroatoms. The molecule has 3 rings (SSSR count). The van der Waals surface area contributed by atoms with Crippen LogP contribution < -0.4 is 5.73 Å². The van der Waals surface area contributed by atoms with Gasteiger partial charge in [-0.05, 0) is 42.7 Å². The minimum atomic E-state index is 0.0765.